The van der Waals surface area contributed by atoms with Crippen molar-refractivity contribution in [1.29, 1.82) is 0 Å². The first-order chi connectivity index (χ1) is 8.11. The Morgan fingerprint density at radius 1 is 1.59 bits per heavy atom. The molecule has 0 aromatic carbocycles. The molecule has 6 heteroatoms. The van der Waals surface area contributed by atoms with Gasteiger partial charge in [0, 0.05) is 31.3 Å². The Morgan fingerprint density at radius 2 is 2.35 bits per heavy atom. The zero-order chi connectivity index (χ0) is 12.4. The van der Waals surface area contributed by atoms with E-state index in [-0.39, 0.29) is 23.4 Å². The number of pyridine rings is 1. The summed E-state index contributed by atoms with van der Waals surface area (Å²) >= 11 is 0. The highest BCUT2D eigenvalue weighted by Crippen LogP contribution is 2.19. The van der Waals surface area contributed by atoms with E-state index in [1.807, 2.05) is 0 Å². The van der Waals surface area contributed by atoms with Crippen LogP contribution in [0, 0.1) is 0 Å². The van der Waals surface area contributed by atoms with Crippen molar-refractivity contribution in [3.8, 4) is 5.88 Å². The van der Waals surface area contributed by atoms with Crippen LogP contribution in [0.3, 0.4) is 0 Å². The zero-order valence-corrected chi connectivity index (χ0v) is 9.35. The molecule has 1 aliphatic heterocycles. The summed E-state index contributed by atoms with van der Waals surface area (Å²) in [4.78, 5) is 27.1. The van der Waals surface area contributed by atoms with Crippen molar-refractivity contribution in [2.24, 2.45) is 5.73 Å². The van der Waals surface area contributed by atoms with Crippen molar-refractivity contribution in [3.05, 3.63) is 28.0 Å². The number of likely N-dealkylation sites (tertiary alicyclic amines) is 1. The van der Waals surface area contributed by atoms with Gasteiger partial charge in [-0.2, -0.15) is 0 Å². The van der Waals surface area contributed by atoms with Crippen LogP contribution in [0.4, 0.5) is 0 Å². The van der Waals surface area contributed by atoms with Gasteiger partial charge < -0.3 is 15.7 Å². The molecule has 0 bridgehead atoms. The lowest BCUT2D eigenvalue weighted by atomic mass is 10.2. The van der Waals surface area contributed by atoms with Crippen molar-refractivity contribution < 1.29 is 9.90 Å². The van der Waals surface area contributed by atoms with Crippen LogP contribution in [0.15, 0.2) is 16.9 Å². The summed E-state index contributed by atoms with van der Waals surface area (Å²) in [5.41, 5.74) is 5.30. The zero-order valence-electron chi connectivity index (χ0n) is 9.35. The number of nitrogens with zero attached hydrogens (tertiary/aromatic N) is 1. The van der Waals surface area contributed by atoms with Crippen LogP contribution < -0.4 is 11.3 Å². The van der Waals surface area contributed by atoms with Crippen LogP contribution in [0.1, 0.15) is 23.2 Å². The van der Waals surface area contributed by atoms with Gasteiger partial charge in [0.1, 0.15) is 0 Å². The molecule has 1 fully saturated rings. The quantitative estimate of drug-likeness (QED) is 0.654. The number of aromatic nitrogens is 1. The molecule has 1 atom stereocenters. The molecule has 2 heterocycles. The van der Waals surface area contributed by atoms with Crippen molar-refractivity contribution in [3.63, 3.8) is 0 Å². The van der Waals surface area contributed by atoms with Crippen LogP contribution in [-0.4, -0.2) is 40.0 Å². The molecule has 0 radical (unpaired) electrons. The summed E-state index contributed by atoms with van der Waals surface area (Å²) in [6.07, 6.45) is 1.81. The second kappa shape index (κ2) is 4.58. The molecule has 2 rings (SSSR count). The average Bonchev–Trinajstić information content (AvgIpc) is 2.74. The molecule has 0 saturated carbocycles. The summed E-state index contributed by atoms with van der Waals surface area (Å²) in [7, 11) is 0. The third-order valence-corrected chi connectivity index (χ3v) is 2.99. The minimum absolute atomic E-state index is 0.0314. The summed E-state index contributed by atoms with van der Waals surface area (Å²) in [6, 6.07) is 2.48. The van der Waals surface area contributed by atoms with Gasteiger partial charge in [0.25, 0.3) is 11.5 Å². The molecule has 1 aromatic heterocycles. The topological polar surface area (TPSA) is 99.4 Å². The number of rotatable bonds is 2. The lowest BCUT2D eigenvalue weighted by Crippen LogP contribution is -2.40. The SMILES string of the molecule is NCC1CCCN1C(=O)c1cc(O)[nH]c(=O)c1. The fraction of sp³-hybridized carbons (Fsp3) is 0.455. The predicted octanol–water partition coefficient (Wildman–Crippen LogP) is -0.356. The van der Waals surface area contributed by atoms with Gasteiger partial charge in [-0.05, 0) is 12.8 Å². The van der Waals surface area contributed by atoms with Gasteiger partial charge in [-0.1, -0.05) is 0 Å². The van der Waals surface area contributed by atoms with Crippen LogP contribution in [0.2, 0.25) is 0 Å². The van der Waals surface area contributed by atoms with Gasteiger partial charge in [-0.25, -0.2) is 0 Å². The fourth-order valence-electron chi connectivity index (χ4n) is 2.17. The molecule has 1 aliphatic rings. The number of amides is 1. The van der Waals surface area contributed by atoms with E-state index in [4.69, 9.17) is 5.73 Å². The number of hydrogen-bond acceptors (Lipinski definition) is 4. The van der Waals surface area contributed by atoms with E-state index in [0.29, 0.717) is 13.1 Å². The Hall–Kier alpha value is -1.82. The van der Waals surface area contributed by atoms with E-state index in [1.54, 1.807) is 4.90 Å². The average molecular weight is 237 g/mol. The number of H-pyrrole nitrogens is 1. The molecule has 4 N–H and O–H groups in total. The molecule has 0 spiro atoms. The smallest absolute Gasteiger partial charge is 0.254 e. The van der Waals surface area contributed by atoms with Gasteiger partial charge >= 0.3 is 0 Å². The maximum Gasteiger partial charge on any atom is 0.254 e. The number of nitrogens with one attached hydrogen (secondary N) is 1. The maximum absolute atomic E-state index is 12.1. The summed E-state index contributed by atoms with van der Waals surface area (Å²) in [5, 5.41) is 9.26. The standard InChI is InChI=1S/C11H15N3O3/c12-6-8-2-1-3-14(8)11(17)7-4-9(15)13-10(16)5-7/h4-5,8H,1-3,6,12H2,(H2,13,15,16). The van der Waals surface area contributed by atoms with Gasteiger partial charge in [-0.3, -0.25) is 14.6 Å². The fourth-order valence-corrected chi connectivity index (χ4v) is 2.17. The highest BCUT2D eigenvalue weighted by molar-refractivity contribution is 5.94. The molecule has 17 heavy (non-hydrogen) atoms. The highest BCUT2D eigenvalue weighted by atomic mass is 16.3. The lowest BCUT2D eigenvalue weighted by molar-refractivity contribution is 0.0740. The monoisotopic (exact) mass is 237 g/mol. The Labute approximate surface area is 98.1 Å². The Kier molecular flexibility index (Phi) is 3.14. The predicted molar refractivity (Wildman–Crippen MR) is 61.8 cm³/mol. The van der Waals surface area contributed by atoms with E-state index < -0.39 is 5.56 Å². The number of aromatic hydroxyl groups is 1. The van der Waals surface area contributed by atoms with Crippen molar-refractivity contribution in [2.45, 2.75) is 18.9 Å². The third kappa shape index (κ3) is 2.31. The minimum Gasteiger partial charge on any atom is -0.494 e. The molecule has 0 aliphatic carbocycles. The first-order valence-electron chi connectivity index (χ1n) is 5.56. The van der Waals surface area contributed by atoms with Gasteiger partial charge in [-0.15, -0.1) is 0 Å². The van der Waals surface area contributed by atoms with Crippen LogP contribution in [0.25, 0.3) is 0 Å². The number of carbonyl (C=O) groups excluding carboxylic acids is 1. The van der Waals surface area contributed by atoms with Gasteiger partial charge in [0.05, 0.1) is 5.56 Å². The second-order valence-corrected chi connectivity index (χ2v) is 4.15. The second-order valence-electron chi connectivity index (χ2n) is 4.15. The Bertz CT molecular complexity index is 483. The number of aromatic amines is 1. The van der Waals surface area contributed by atoms with E-state index in [0.717, 1.165) is 12.8 Å². The first-order valence-corrected chi connectivity index (χ1v) is 5.56. The maximum atomic E-state index is 12.1. The Morgan fingerprint density at radius 3 is 3.00 bits per heavy atom. The van der Waals surface area contributed by atoms with Crippen molar-refractivity contribution in [1.82, 2.24) is 9.88 Å². The van der Waals surface area contributed by atoms with Crippen LogP contribution in [0.5, 0.6) is 5.88 Å². The summed E-state index contributed by atoms with van der Waals surface area (Å²) in [5.74, 6) is -0.552. The van der Waals surface area contributed by atoms with Crippen LogP contribution >= 0.6 is 0 Å². The van der Waals surface area contributed by atoms with Gasteiger partial charge in [0.15, 0.2) is 5.88 Å². The molecule has 92 valence electrons. The highest BCUT2D eigenvalue weighted by Gasteiger charge is 2.28. The van der Waals surface area contributed by atoms with Crippen LogP contribution in [-0.2, 0) is 0 Å². The molecule has 1 saturated heterocycles. The molecule has 1 amide bonds. The van der Waals surface area contributed by atoms with Crippen molar-refractivity contribution in [2.75, 3.05) is 13.1 Å². The molecular weight excluding hydrogens is 222 g/mol. The van der Waals surface area contributed by atoms with Crippen molar-refractivity contribution >= 4 is 5.91 Å². The molecule has 1 aromatic rings. The minimum atomic E-state index is -0.489. The van der Waals surface area contributed by atoms with E-state index >= 15 is 0 Å². The molecule has 1 unspecified atom stereocenters. The van der Waals surface area contributed by atoms with Gasteiger partial charge in [0.2, 0.25) is 0 Å². The van der Waals surface area contributed by atoms with E-state index in [9.17, 15) is 14.7 Å². The largest absolute Gasteiger partial charge is 0.494 e. The number of hydrogen-bond donors (Lipinski definition) is 3. The third-order valence-electron chi connectivity index (χ3n) is 2.99. The molecular formula is C11H15N3O3. The lowest BCUT2D eigenvalue weighted by Gasteiger charge is -2.23. The van der Waals surface area contributed by atoms with E-state index in [1.165, 1.54) is 12.1 Å². The number of carbonyl (C=O) groups is 1. The number of nitrogens with two attached hydrogens (primary N) is 1. The Balaban J connectivity index is 2.27. The molecule has 6 nitrogen and oxygen atoms in total. The van der Waals surface area contributed by atoms with E-state index in [2.05, 4.69) is 4.98 Å². The first kappa shape index (κ1) is 11.7. The summed E-state index contributed by atoms with van der Waals surface area (Å²) in [6.45, 7) is 1.06. The normalized spacial score (nSPS) is 19.6. The summed E-state index contributed by atoms with van der Waals surface area (Å²) < 4.78 is 0.